The van der Waals surface area contributed by atoms with Gasteiger partial charge in [-0.15, -0.1) is 0 Å². The van der Waals surface area contributed by atoms with Crippen LogP contribution in [0.3, 0.4) is 0 Å². The van der Waals surface area contributed by atoms with Gasteiger partial charge in [-0.05, 0) is 30.0 Å². The number of piperidine rings is 1. The van der Waals surface area contributed by atoms with Gasteiger partial charge in [0.25, 0.3) is 0 Å². The van der Waals surface area contributed by atoms with E-state index in [9.17, 15) is 27.2 Å². The fraction of sp³-hybridized carbons (Fsp3) is 0.500. The van der Waals surface area contributed by atoms with Crippen molar-refractivity contribution in [2.75, 3.05) is 37.6 Å². The van der Waals surface area contributed by atoms with E-state index in [-0.39, 0.29) is 30.3 Å². The van der Waals surface area contributed by atoms with Crippen LogP contribution in [0.1, 0.15) is 0 Å². The lowest BCUT2D eigenvalue weighted by Gasteiger charge is -2.34. The Morgan fingerprint density at radius 2 is 1.80 bits per heavy atom. The van der Waals surface area contributed by atoms with E-state index in [0.29, 0.717) is 30.6 Å². The van der Waals surface area contributed by atoms with Gasteiger partial charge in [-0.2, -0.15) is 13.2 Å². The van der Waals surface area contributed by atoms with Gasteiger partial charge in [0.1, 0.15) is 12.4 Å². The van der Waals surface area contributed by atoms with E-state index < -0.39 is 12.1 Å². The second-order valence-corrected chi connectivity index (χ2v) is 7.21. The third-order valence-electron chi connectivity index (χ3n) is 5.25. The van der Waals surface area contributed by atoms with Gasteiger partial charge in [0.2, 0.25) is 5.91 Å². The van der Waals surface area contributed by atoms with Crippen molar-refractivity contribution in [3.8, 4) is 0 Å². The molecule has 0 spiro atoms. The summed E-state index contributed by atoms with van der Waals surface area (Å²) in [6.45, 7) is 2.79. The Morgan fingerprint density at radius 1 is 1.17 bits per heavy atom. The highest BCUT2D eigenvalue weighted by Gasteiger charge is 2.54. The van der Waals surface area contributed by atoms with Gasteiger partial charge in [-0.3, -0.25) is 4.79 Å². The molecule has 4 rings (SSSR count). The molecule has 1 aromatic rings. The summed E-state index contributed by atoms with van der Waals surface area (Å²) < 4.78 is 45.0. The van der Waals surface area contributed by atoms with Crippen molar-refractivity contribution in [2.45, 2.75) is 12.2 Å². The van der Waals surface area contributed by atoms with Crippen molar-refractivity contribution >= 4 is 23.6 Å². The number of benzene rings is 1. The quantitative estimate of drug-likeness (QED) is 0.606. The topological polar surface area (TPSA) is 102 Å². The van der Waals surface area contributed by atoms with Crippen LogP contribution < -0.4 is 15.5 Å². The fourth-order valence-corrected chi connectivity index (χ4v) is 3.63. The van der Waals surface area contributed by atoms with E-state index in [1.54, 1.807) is 17.0 Å². The lowest BCUT2D eigenvalue weighted by molar-refractivity contribution is -0.192. The average molecular weight is 432 g/mol. The van der Waals surface area contributed by atoms with Crippen molar-refractivity contribution in [3.05, 3.63) is 30.1 Å². The van der Waals surface area contributed by atoms with E-state index in [2.05, 4.69) is 10.6 Å². The summed E-state index contributed by atoms with van der Waals surface area (Å²) in [7, 11) is 0. The number of carbonyl (C=O) groups excluding carboxylic acids is 2. The third kappa shape index (κ3) is 4.99. The number of fused-ring (bicyclic) bond motifs is 1. The summed E-state index contributed by atoms with van der Waals surface area (Å²) in [5.74, 6) is -2.22. The van der Waals surface area contributed by atoms with Crippen LogP contribution in [0, 0.1) is 17.7 Å². The first-order valence-corrected chi connectivity index (χ1v) is 9.20. The summed E-state index contributed by atoms with van der Waals surface area (Å²) in [6, 6.07) is 6.05. The van der Waals surface area contributed by atoms with Crippen molar-refractivity contribution in [2.24, 2.45) is 11.8 Å². The number of urea groups is 1. The number of rotatable bonds is 2. The molecule has 8 nitrogen and oxygen atoms in total. The molecule has 3 amide bonds. The standard InChI is InChI=1S/C16H19FN4O2.C2HF3O2/c17-10-2-1-3-11(6-10)21-5-4-20(9-14(21)22)16(23)19-15-12-7-18-8-13(12)15;3-2(4,5)1(6)7/h1-3,6,12-13,15,18H,4-5,7-9H2,(H,19,23);(H,6,7)/t12-,13+,15?;. The fourth-order valence-electron chi connectivity index (χ4n) is 3.63. The minimum atomic E-state index is -5.08. The third-order valence-corrected chi connectivity index (χ3v) is 5.25. The maximum Gasteiger partial charge on any atom is 0.490 e. The minimum absolute atomic E-state index is 0.0304. The van der Waals surface area contributed by atoms with Crippen LogP contribution in [0.4, 0.5) is 28.0 Å². The maximum atomic E-state index is 13.3. The number of piperazine rings is 1. The number of nitrogens with one attached hydrogen (secondary N) is 2. The normalized spacial score (nSPS) is 25.2. The SMILES string of the molecule is O=C(NC1[C@H]2CNC[C@@H]12)N1CCN(c2cccc(F)c2)C(=O)C1.O=C(O)C(F)(F)F. The van der Waals surface area contributed by atoms with Gasteiger partial charge < -0.3 is 25.5 Å². The number of nitrogens with zero attached hydrogens (tertiary/aromatic N) is 2. The predicted molar refractivity (Wildman–Crippen MR) is 96.2 cm³/mol. The van der Waals surface area contributed by atoms with Gasteiger partial charge >= 0.3 is 18.2 Å². The zero-order chi connectivity index (χ0) is 22.1. The number of alkyl halides is 3. The summed E-state index contributed by atoms with van der Waals surface area (Å²) in [6.07, 6.45) is -5.08. The van der Waals surface area contributed by atoms with E-state index in [1.807, 2.05) is 0 Å². The first kappa shape index (κ1) is 21.8. The Bertz CT molecular complexity index is 825. The molecule has 2 heterocycles. The molecule has 1 saturated carbocycles. The second-order valence-electron chi connectivity index (χ2n) is 7.21. The molecular formula is C18H20F4N4O4. The summed E-state index contributed by atoms with van der Waals surface area (Å²) >= 11 is 0. The summed E-state index contributed by atoms with van der Waals surface area (Å²) in [4.78, 5) is 36.5. The number of halogens is 4. The Kier molecular flexibility index (Phi) is 6.15. The molecule has 0 bridgehead atoms. The van der Waals surface area contributed by atoms with E-state index in [0.717, 1.165) is 13.1 Å². The van der Waals surface area contributed by atoms with Gasteiger partial charge in [-0.1, -0.05) is 6.07 Å². The number of carbonyl (C=O) groups is 3. The van der Waals surface area contributed by atoms with Crippen LogP contribution in [0.5, 0.6) is 0 Å². The van der Waals surface area contributed by atoms with E-state index in [4.69, 9.17) is 9.90 Å². The van der Waals surface area contributed by atoms with Crippen LogP contribution in [0.2, 0.25) is 0 Å². The molecule has 2 aliphatic heterocycles. The number of carboxylic acids is 1. The Morgan fingerprint density at radius 3 is 2.33 bits per heavy atom. The predicted octanol–water partition coefficient (Wildman–Crippen LogP) is 1.04. The highest BCUT2D eigenvalue weighted by Crippen LogP contribution is 2.41. The zero-order valence-electron chi connectivity index (χ0n) is 15.7. The zero-order valence-corrected chi connectivity index (χ0v) is 15.7. The van der Waals surface area contributed by atoms with Gasteiger partial charge in [-0.25, -0.2) is 14.0 Å². The van der Waals surface area contributed by atoms with Crippen LogP contribution >= 0.6 is 0 Å². The number of hydrogen-bond donors (Lipinski definition) is 3. The Labute approximate surface area is 168 Å². The smallest absolute Gasteiger partial charge is 0.475 e. The Balaban J connectivity index is 0.000000318. The largest absolute Gasteiger partial charge is 0.490 e. The summed E-state index contributed by atoms with van der Waals surface area (Å²) in [5.41, 5.74) is 0.540. The number of carboxylic acid groups (broad SMARTS) is 1. The molecule has 30 heavy (non-hydrogen) atoms. The number of anilines is 1. The van der Waals surface area contributed by atoms with Gasteiger partial charge in [0.05, 0.1) is 0 Å². The molecule has 3 N–H and O–H groups in total. The molecule has 1 aliphatic carbocycles. The maximum absolute atomic E-state index is 13.3. The second kappa shape index (κ2) is 8.46. The van der Waals surface area contributed by atoms with Gasteiger partial charge in [0, 0.05) is 37.9 Å². The summed E-state index contributed by atoms with van der Waals surface area (Å²) in [5, 5.41) is 13.4. The molecule has 3 aliphatic rings. The molecule has 2 saturated heterocycles. The number of amides is 3. The van der Waals surface area contributed by atoms with Crippen LogP contribution in [0.25, 0.3) is 0 Å². The van der Waals surface area contributed by atoms with Crippen molar-refractivity contribution < 1.29 is 37.1 Å². The lowest BCUT2D eigenvalue weighted by Crippen LogP contribution is -2.55. The highest BCUT2D eigenvalue weighted by atomic mass is 19.4. The molecule has 3 atom stereocenters. The molecule has 1 unspecified atom stereocenters. The van der Waals surface area contributed by atoms with E-state index in [1.165, 1.54) is 17.0 Å². The van der Waals surface area contributed by atoms with Crippen LogP contribution in [-0.4, -0.2) is 72.9 Å². The van der Waals surface area contributed by atoms with E-state index >= 15 is 0 Å². The Hall–Kier alpha value is -2.89. The molecule has 12 heteroatoms. The van der Waals surface area contributed by atoms with Crippen LogP contribution in [-0.2, 0) is 9.59 Å². The first-order chi connectivity index (χ1) is 14.1. The van der Waals surface area contributed by atoms with Gasteiger partial charge in [0.15, 0.2) is 0 Å². The minimum Gasteiger partial charge on any atom is -0.475 e. The van der Waals surface area contributed by atoms with Crippen LogP contribution in [0.15, 0.2) is 24.3 Å². The highest BCUT2D eigenvalue weighted by molar-refractivity contribution is 5.97. The molecular weight excluding hydrogens is 412 g/mol. The number of aliphatic carboxylic acids is 1. The monoisotopic (exact) mass is 432 g/mol. The van der Waals surface area contributed by atoms with Crippen molar-refractivity contribution in [1.29, 1.82) is 0 Å². The average Bonchev–Trinajstić information content (AvgIpc) is 3.09. The molecule has 164 valence electrons. The molecule has 1 aromatic carbocycles. The van der Waals surface area contributed by atoms with Crippen molar-refractivity contribution in [3.63, 3.8) is 0 Å². The first-order valence-electron chi connectivity index (χ1n) is 9.20. The number of hydrogen-bond acceptors (Lipinski definition) is 4. The van der Waals surface area contributed by atoms with Crippen molar-refractivity contribution in [1.82, 2.24) is 15.5 Å². The molecule has 0 aromatic heterocycles. The lowest BCUT2D eigenvalue weighted by atomic mass is 10.2. The molecule has 3 fully saturated rings. The molecule has 0 radical (unpaired) electrons.